The molecule has 1 fully saturated rings. The lowest BCUT2D eigenvalue weighted by Crippen LogP contribution is -2.18. The molecule has 3 heteroatoms. The van der Waals surface area contributed by atoms with Gasteiger partial charge in [-0.3, -0.25) is 0 Å². The summed E-state index contributed by atoms with van der Waals surface area (Å²) < 4.78 is 0. The molecule has 0 bridgehead atoms. The van der Waals surface area contributed by atoms with E-state index in [1.807, 2.05) is 0 Å². The van der Waals surface area contributed by atoms with Crippen molar-refractivity contribution in [2.75, 3.05) is 0 Å². The molecule has 0 aromatic heterocycles. The average Bonchev–Trinajstić information content (AvgIpc) is 1.87. The molecule has 3 nitrogen and oxygen atoms in total. The Kier molecular flexibility index (Phi) is 5.61. The van der Waals surface area contributed by atoms with Crippen LogP contribution < -0.4 is 11.5 Å². The maximum atomic E-state index is 9.00. The van der Waals surface area contributed by atoms with Crippen molar-refractivity contribution in [2.45, 2.75) is 39.0 Å². The number of nitrogens with two attached hydrogens (primary N) is 2. The quantitative estimate of drug-likeness (QED) is 0.552. The second kappa shape index (κ2) is 6.01. The first-order valence-electron chi connectivity index (χ1n) is 4.18. The molecule has 0 atom stereocenters. The van der Waals surface area contributed by atoms with Crippen LogP contribution in [-0.4, -0.2) is 6.03 Å². The third-order valence-electron chi connectivity index (χ3n) is 1.89. The second-order valence-corrected chi connectivity index (χ2v) is 3.15. The van der Waals surface area contributed by atoms with Gasteiger partial charge in [0.05, 0.1) is 0 Å². The summed E-state index contributed by atoms with van der Waals surface area (Å²) in [6.45, 7) is 2.36. The molecule has 0 unspecified atom stereocenters. The standard InChI is InChI=1S/C7H14.CH4N2O/c1-7-5-3-2-4-6-7;2-1(3)4/h7H,2-6H2,1H3;(H4,2,3,4). The van der Waals surface area contributed by atoms with Crippen LogP contribution in [0.4, 0.5) is 4.79 Å². The lowest BCUT2D eigenvalue weighted by Gasteiger charge is -2.15. The first-order chi connectivity index (χ1) is 5.13. The molecular weight excluding hydrogens is 140 g/mol. The Hall–Kier alpha value is -0.730. The topological polar surface area (TPSA) is 69.1 Å². The number of rotatable bonds is 0. The highest BCUT2D eigenvalue weighted by atomic mass is 16.2. The van der Waals surface area contributed by atoms with Gasteiger partial charge in [-0.05, 0) is 5.92 Å². The van der Waals surface area contributed by atoms with Crippen LogP contribution in [-0.2, 0) is 0 Å². The van der Waals surface area contributed by atoms with Crippen LogP contribution in [0.5, 0.6) is 0 Å². The minimum Gasteiger partial charge on any atom is -0.352 e. The predicted molar refractivity (Wildman–Crippen MR) is 46.0 cm³/mol. The monoisotopic (exact) mass is 158 g/mol. The van der Waals surface area contributed by atoms with Crippen LogP contribution in [0.25, 0.3) is 0 Å². The summed E-state index contributed by atoms with van der Waals surface area (Å²) in [5.74, 6) is 1.04. The third kappa shape index (κ3) is 9.27. The van der Waals surface area contributed by atoms with Gasteiger partial charge in [-0.2, -0.15) is 0 Å². The van der Waals surface area contributed by atoms with Crippen molar-refractivity contribution in [3.05, 3.63) is 0 Å². The van der Waals surface area contributed by atoms with Crippen molar-refractivity contribution in [3.8, 4) is 0 Å². The zero-order valence-electron chi connectivity index (χ0n) is 7.18. The van der Waals surface area contributed by atoms with Gasteiger partial charge < -0.3 is 11.5 Å². The fourth-order valence-corrected chi connectivity index (χ4v) is 1.31. The Bertz CT molecular complexity index is 105. The second-order valence-electron chi connectivity index (χ2n) is 3.15. The summed E-state index contributed by atoms with van der Waals surface area (Å²) in [4.78, 5) is 9.00. The Balaban J connectivity index is 0.000000218. The molecule has 0 spiro atoms. The zero-order chi connectivity index (χ0) is 8.69. The molecule has 0 aromatic rings. The predicted octanol–water partition coefficient (Wildman–Crippen LogP) is 1.61. The van der Waals surface area contributed by atoms with Crippen LogP contribution in [0.15, 0.2) is 0 Å². The lowest BCUT2D eigenvalue weighted by atomic mass is 9.91. The maximum Gasteiger partial charge on any atom is 0.309 e. The molecule has 0 saturated heterocycles. The van der Waals surface area contributed by atoms with Crippen molar-refractivity contribution in [3.63, 3.8) is 0 Å². The normalized spacial score (nSPS) is 18.3. The highest BCUT2D eigenvalue weighted by Gasteiger charge is 2.05. The largest absolute Gasteiger partial charge is 0.352 e. The minimum absolute atomic E-state index is 0.833. The maximum absolute atomic E-state index is 9.00. The highest BCUT2D eigenvalue weighted by molar-refractivity contribution is 5.69. The van der Waals surface area contributed by atoms with E-state index in [0.29, 0.717) is 0 Å². The molecule has 1 aliphatic rings. The minimum atomic E-state index is -0.833. The van der Waals surface area contributed by atoms with E-state index in [9.17, 15) is 0 Å². The van der Waals surface area contributed by atoms with E-state index < -0.39 is 6.03 Å². The molecule has 4 N–H and O–H groups in total. The van der Waals surface area contributed by atoms with Gasteiger partial charge in [0, 0.05) is 0 Å². The van der Waals surface area contributed by atoms with Gasteiger partial charge in [-0.15, -0.1) is 0 Å². The van der Waals surface area contributed by atoms with Crippen LogP contribution in [0.3, 0.4) is 0 Å². The first kappa shape index (κ1) is 10.3. The number of urea groups is 1. The fourth-order valence-electron chi connectivity index (χ4n) is 1.31. The Morgan fingerprint density at radius 1 is 1.18 bits per heavy atom. The first-order valence-corrected chi connectivity index (χ1v) is 4.18. The van der Waals surface area contributed by atoms with E-state index in [0.717, 1.165) is 5.92 Å². The van der Waals surface area contributed by atoms with Gasteiger partial charge in [0.15, 0.2) is 0 Å². The van der Waals surface area contributed by atoms with Crippen LogP contribution in [0.1, 0.15) is 39.0 Å². The smallest absolute Gasteiger partial charge is 0.309 e. The van der Waals surface area contributed by atoms with E-state index in [1.165, 1.54) is 32.1 Å². The van der Waals surface area contributed by atoms with Gasteiger partial charge in [0.1, 0.15) is 0 Å². The number of hydrogen-bond acceptors (Lipinski definition) is 1. The Morgan fingerprint density at radius 2 is 1.55 bits per heavy atom. The van der Waals surface area contributed by atoms with E-state index in [4.69, 9.17) is 4.79 Å². The molecule has 0 aliphatic heterocycles. The summed E-state index contributed by atoms with van der Waals surface area (Å²) in [6.07, 6.45) is 7.44. The van der Waals surface area contributed by atoms with E-state index >= 15 is 0 Å². The Morgan fingerprint density at radius 3 is 1.73 bits per heavy atom. The molecule has 66 valence electrons. The van der Waals surface area contributed by atoms with Crippen molar-refractivity contribution in [2.24, 2.45) is 17.4 Å². The molecule has 0 heterocycles. The summed E-state index contributed by atoms with van der Waals surface area (Å²) in [5, 5.41) is 0. The number of primary amides is 2. The fraction of sp³-hybridized carbons (Fsp3) is 0.875. The third-order valence-corrected chi connectivity index (χ3v) is 1.89. The lowest BCUT2D eigenvalue weighted by molar-refractivity contribution is 0.256. The van der Waals surface area contributed by atoms with Gasteiger partial charge in [0.25, 0.3) is 0 Å². The van der Waals surface area contributed by atoms with Gasteiger partial charge >= 0.3 is 6.03 Å². The van der Waals surface area contributed by atoms with Crippen molar-refractivity contribution >= 4 is 6.03 Å². The molecule has 0 radical (unpaired) electrons. The molecular formula is C8H18N2O. The summed E-state index contributed by atoms with van der Waals surface area (Å²) >= 11 is 0. The summed E-state index contributed by atoms with van der Waals surface area (Å²) in [7, 11) is 0. The molecule has 11 heavy (non-hydrogen) atoms. The highest BCUT2D eigenvalue weighted by Crippen LogP contribution is 2.21. The van der Waals surface area contributed by atoms with Gasteiger partial charge in [-0.25, -0.2) is 4.79 Å². The van der Waals surface area contributed by atoms with E-state index in [2.05, 4.69) is 18.4 Å². The summed E-state index contributed by atoms with van der Waals surface area (Å²) in [5.41, 5.74) is 8.50. The molecule has 1 aliphatic carbocycles. The zero-order valence-corrected chi connectivity index (χ0v) is 7.18. The molecule has 0 aromatic carbocycles. The van der Waals surface area contributed by atoms with Crippen LogP contribution in [0, 0.1) is 5.92 Å². The van der Waals surface area contributed by atoms with Crippen molar-refractivity contribution in [1.82, 2.24) is 0 Å². The van der Waals surface area contributed by atoms with Gasteiger partial charge in [0.2, 0.25) is 0 Å². The Labute approximate surface area is 68.1 Å². The van der Waals surface area contributed by atoms with E-state index in [-0.39, 0.29) is 0 Å². The van der Waals surface area contributed by atoms with E-state index in [1.54, 1.807) is 0 Å². The molecule has 2 amide bonds. The van der Waals surface area contributed by atoms with Crippen molar-refractivity contribution in [1.29, 1.82) is 0 Å². The molecule has 1 rings (SSSR count). The number of amides is 2. The summed E-state index contributed by atoms with van der Waals surface area (Å²) in [6, 6.07) is -0.833. The number of carbonyl (C=O) groups excluding carboxylic acids is 1. The number of carbonyl (C=O) groups is 1. The SMILES string of the molecule is CC1CCCCC1.NC(N)=O. The van der Waals surface area contributed by atoms with Crippen LogP contribution >= 0.6 is 0 Å². The average molecular weight is 158 g/mol. The number of hydrogen-bond donors (Lipinski definition) is 2. The van der Waals surface area contributed by atoms with Gasteiger partial charge in [-0.1, -0.05) is 39.0 Å². The molecule has 1 saturated carbocycles. The van der Waals surface area contributed by atoms with Crippen molar-refractivity contribution < 1.29 is 4.79 Å². The van der Waals surface area contributed by atoms with Crippen LogP contribution in [0.2, 0.25) is 0 Å².